The molecule has 4 atom stereocenters. The van der Waals surface area contributed by atoms with Crippen LogP contribution in [-0.4, -0.2) is 85.8 Å². The number of hydrogen-bond donors (Lipinski definition) is 1. The molecule has 7 heteroatoms. The molecule has 172 valence electrons. The van der Waals surface area contributed by atoms with Gasteiger partial charge in [-0.2, -0.15) is 0 Å². The zero-order chi connectivity index (χ0) is 21.7. The summed E-state index contributed by atoms with van der Waals surface area (Å²) in [6.07, 6.45) is 3.19. The Balaban J connectivity index is 1.68. The van der Waals surface area contributed by atoms with Crippen molar-refractivity contribution in [3.05, 3.63) is 0 Å². The number of carbonyl (C=O) groups is 2. The predicted molar refractivity (Wildman–Crippen MR) is 116 cm³/mol. The normalized spacial score (nSPS) is 29.6. The molecular weight excluding hydrogens is 382 g/mol. The fraction of sp³-hybridized carbons (Fsp3) is 0.913. The number of likely N-dealkylation sites (tertiary alicyclic amines) is 1. The van der Waals surface area contributed by atoms with E-state index in [1.807, 2.05) is 18.7 Å². The lowest BCUT2D eigenvalue weighted by atomic mass is 9.84. The van der Waals surface area contributed by atoms with E-state index in [4.69, 9.17) is 9.47 Å². The van der Waals surface area contributed by atoms with Crippen molar-refractivity contribution in [3.63, 3.8) is 0 Å². The molecule has 2 amide bonds. The van der Waals surface area contributed by atoms with Gasteiger partial charge in [-0.15, -0.1) is 0 Å². The van der Waals surface area contributed by atoms with Gasteiger partial charge in [-0.05, 0) is 25.7 Å². The van der Waals surface area contributed by atoms with E-state index in [-0.39, 0.29) is 35.8 Å². The molecule has 3 fully saturated rings. The van der Waals surface area contributed by atoms with Crippen molar-refractivity contribution in [2.75, 3.05) is 46.0 Å². The summed E-state index contributed by atoms with van der Waals surface area (Å²) >= 11 is 0. The molecule has 3 aliphatic heterocycles. The van der Waals surface area contributed by atoms with E-state index in [1.54, 1.807) is 0 Å². The number of amides is 2. The molecule has 3 saturated heterocycles. The standard InChI is InChI=1S/C23H41N3O4/c1-5-17(6-2)13-26-14-18(11-21(27)24-16(3)4)23-19(26)15-30-20(23)12-22(28)25-7-9-29-10-8-25/h16-20,23H,5-15H2,1-4H3,(H,24,27)/t18-,19-,20+,23-/m1/s1. The highest BCUT2D eigenvalue weighted by molar-refractivity contribution is 5.77. The Bertz CT molecular complexity index is 575. The van der Waals surface area contributed by atoms with Crippen molar-refractivity contribution >= 4 is 11.8 Å². The maximum atomic E-state index is 12.9. The summed E-state index contributed by atoms with van der Waals surface area (Å²) < 4.78 is 11.6. The van der Waals surface area contributed by atoms with E-state index in [0.717, 1.165) is 13.1 Å². The van der Waals surface area contributed by atoms with Gasteiger partial charge in [0.05, 0.1) is 32.3 Å². The van der Waals surface area contributed by atoms with Gasteiger partial charge in [-0.25, -0.2) is 0 Å². The molecule has 7 nitrogen and oxygen atoms in total. The second-order valence-electron chi connectivity index (χ2n) is 9.54. The molecule has 0 spiro atoms. The summed E-state index contributed by atoms with van der Waals surface area (Å²) in [4.78, 5) is 29.9. The molecule has 0 aliphatic carbocycles. The first-order chi connectivity index (χ1) is 14.4. The van der Waals surface area contributed by atoms with Gasteiger partial charge in [-0.3, -0.25) is 14.5 Å². The van der Waals surface area contributed by atoms with Crippen LogP contribution >= 0.6 is 0 Å². The first-order valence-electron chi connectivity index (χ1n) is 11.9. The van der Waals surface area contributed by atoms with E-state index in [2.05, 4.69) is 24.1 Å². The van der Waals surface area contributed by atoms with Gasteiger partial charge in [0.25, 0.3) is 0 Å². The fourth-order valence-electron chi connectivity index (χ4n) is 5.43. The zero-order valence-corrected chi connectivity index (χ0v) is 19.3. The Morgan fingerprint density at radius 3 is 2.43 bits per heavy atom. The summed E-state index contributed by atoms with van der Waals surface area (Å²) in [6, 6.07) is 0.471. The van der Waals surface area contributed by atoms with Gasteiger partial charge in [0, 0.05) is 50.6 Å². The first-order valence-corrected chi connectivity index (χ1v) is 11.9. The number of fused-ring (bicyclic) bond motifs is 1. The van der Waals surface area contributed by atoms with Crippen molar-refractivity contribution in [2.24, 2.45) is 17.8 Å². The first kappa shape index (κ1) is 23.5. The van der Waals surface area contributed by atoms with Crippen LogP contribution in [0, 0.1) is 17.8 Å². The third-order valence-corrected chi connectivity index (χ3v) is 7.12. The summed E-state index contributed by atoms with van der Waals surface area (Å²) in [5.74, 6) is 1.44. The maximum Gasteiger partial charge on any atom is 0.225 e. The van der Waals surface area contributed by atoms with Crippen LogP contribution in [0.2, 0.25) is 0 Å². The van der Waals surface area contributed by atoms with Crippen LogP contribution in [0.25, 0.3) is 0 Å². The quantitative estimate of drug-likeness (QED) is 0.613. The average Bonchev–Trinajstić information content (AvgIpc) is 3.28. The molecule has 3 rings (SSSR count). The minimum Gasteiger partial charge on any atom is -0.378 e. The number of ether oxygens (including phenoxy) is 2. The minimum atomic E-state index is -0.0890. The van der Waals surface area contributed by atoms with E-state index in [9.17, 15) is 9.59 Å². The van der Waals surface area contributed by atoms with Crippen molar-refractivity contribution < 1.29 is 19.1 Å². The van der Waals surface area contributed by atoms with Crippen LogP contribution in [0.4, 0.5) is 0 Å². The minimum absolute atomic E-state index is 0.0890. The predicted octanol–water partition coefficient (Wildman–Crippen LogP) is 1.90. The van der Waals surface area contributed by atoms with Crippen LogP contribution in [-0.2, 0) is 19.1 Å². The van der Waals surface area contributed by atoms with Gasteiger partial charge in [0.15, 0.2) is 0 Å². The van der Waals surface area contributed by atoms with E-state index in [0.29, 0.717) is 57.7 Å². The molecule has 3 heterocycles. The number of hydrogen-bond acceptors (Lipinski definition) is 5. The molecular formula is C23H41N3O4. The second kappa shape index (κ2) is 10.9. The molecule has 30 heavy (non-hydrogen) atoms. The molecule has 0 saturated carbocycles. The Hall–Kier alpha value is -1.18. The number of carbonyl (C=O) groups excluding carboxylic acids is 2. The lowest BCUT2D eigenvalue weighted by Crippen LogP contribution is -2.43. The van der Waals surface area contributed by atoms with Crippen LogP contribution < -0.4 is 5.32 Å². The molecule has 0 aromatic heterocycles. The third kappa shape index (κ3) is 5.74. The highest BCUT2D eigenvalue weighted by Crippen LogP contribution is 2.42. The van der Waals surface area contributed by atoms with Crippen molar-refractivity contribution in [2.45, 2.75) is 71.6 Å². The van der Waals surface area contributed by atoms with E-state index >= 15 is 0 Å². The zero-order valence-electron chi connectivity index (χ0n) is 19.3. The lowest BCUT2D eigenvalue weighted by Gasteiger charge is -2.29. The monoisotopic (exact) mass is 423 g/mol. The van der Waals surface area contributed by atoms with E-state index in [1.165, 1.54) is 12.8 Å². The number of nitrogens with zero attached hydrogens (tertiary/aromatic N) is 2. The van der Waals surface area contributed by atoms with Gasteiger partial charge in [0.2, 0.25) is 11.8 Å². The van der Waals surface area contributed by atoms with Gasteiger partial charge < -0.3 is 19.7 Å². The van der Waals surface area contributed by atoms with Gasteiger partial charge in [0.1, 0.15) is 0 Å². The maximum absolute atomic E-state index is 12.9. The van der Waals surface area contributed by atoms with Gasteiger partial charge in [-0.1, -0.05) is 26.7 Å². The summed E-state index contributed by atoms with van der Waals surface area (Å²) in [7, 11) is 0. The van der Waals surface area contributed by atoms with Crippen molar-refractivity contribution in [3.8, 4) is 0 Å². The second-order valence-corrected chi connectivity index (χ2v) is 9.54. The number of nitrogens with one attached hydrogen (secondary N) is 1. The van der Waals surface area contributed by atoms with Crippen LogP contribution in [0.1, 0.15) is 53.4 Å². The summed E-state index contributed by atoms with van der Waals surface area (Å²) in [6.45, 7) is 13.7. The molecule has 0 bridgehead atoms. The van der Waals surface area contributed by atoms with Crippen LogP contribution in [0.3, 0.4) is 0 Å². The number of morpholine rings is 1. The molecule has 0 unspecified atom stereocenters. The average molecular weight is 424 g/mol. The molecule has 0 aromatic rings. The largest absolute Gasteiger partial charge is 0.378 e. The Labute approximate surface area is 181 Å². The lowest BCUT2D eigenvalue weighted by molar-refractivity contribution is -0.138. The summed E-state index contributed by atoms with van der Waals surface area (Å²) in [5, 5.41) is 3.05. The highest BCUT2D eigenvalue weighted by atomic mass is 16.5. The van der Waals surface area contributed by atoms with Crippen molar-refractivity contribution in [1.82, 2.24) is 15.1 Å². The summed E-state index contributed by atoms with van der Waals surface area (Å²) in [5.41, 5.74) is 0. The van der Waals surface area contributed by atoms with Crippen molar-refractivity contribution in [1.29, 1.82) is 0 Å². The molecule has 0 radical (unpaired) electrons. The fourth-order valence-corrected chi connectivity index (χ4v) is 5.43. The molecule has 0 aromatic carbocycles. The topological polar surface area (TPSA) is 71.1 Å². The van der Waals surface area contributed by atoms with Gasteiger partial charge >= 0.3 is 0 Å². The SMILES string of the molecule is CCC(CC)CN1C[C@@H](CC(=O)NC(C)C)[C@H]2[C@H](CC(=O)N3CCOCC3)OC[C@H]21. The third-order valence-electron chi connectivity index (χ3n) is 7.12. The van der Waals surface area contributed by atoms with Crippen LogP contribution in [0.15, 0.2) is 0 Å². The van der Waals surface area contributed by atoms with E-state index < -0.39 is 0 Å². The highest BCUT2D eigenvalue weighted by Gasteiger charge is 2.51. The Morgan fingerprint density at radius 2 is 1.80 bits per heavy atom. The molecule has 1 N–H and O–H groups in total. The Morgan fingerprint density at radius 1 is 1.10 bits per heavy atom. The molecule has 3 aliphatic rings. The smallest absolute Gasteiger partial charge is 0.225 e. The van der Waals surface area contributed by atoms with Crippen LogP contribution in [0.5, 0.6) is 0 Å². The number of rotatable bonds is 9. The Kier molecular flexibility index (Phi) is 8.54.